The van der Waals surface area contributed by atoms with Gasteiger partial charge in [0.1, 0.15) is 23.0 Å². The van der Waals surface area contributed by atoms with E-state index in [1.165, 1.54) is 18.7 Å². The number of piperazine rings is 1. The SMILES string of the molecule is CC(Cc1ccc(F)c(C(=O)c2c[nH]c3ncc(-c4cnc(N5CCN(C(=O)CN6CCC(c7ccc(OC8CCC(=O)NC8=O)cc7)CC6)CC5)nc4)cc23)c1F)S(N)(=O)=O. The summed E-state index contributed by atoms with van der Waals surface area (Å²) in [6.07, 6.45) is 7.56. The number of ether oxygens (including phenoxy) is 1. The Morgan fingerprint density at radius 1 is 0.919 bits per heavy atom. The molecule has 2 unspecified atom stereocenters. The van der Waals surface area contributed by atoms with Crippen molar-refractivity contribution < 1.29 is 41.1 Å². The number of primary sulfonamides is 1. The van der Waals surface area contributed by atoms with Crippen molar-refractivity contribution in [1.82, 2.24) is 35.1 Å². The lowest BCUT2D eigenvalue weighted by Gasteiger charge is -2.37. The zero-order chi connectivity index (χ0) is 43.7. The number of hydrogen-bond donors (Lipinski definition) is 3. The van der Waals surface area contributed by atoms with Gasteiger partial charge in [-0.05, 0) is 80.6 Å². The second-order valence-electron chi connectivity index (χ2n) is 16.0. The number of benzene rings is 2. The van der Waals surface area contributed by atoms with Gasteiger partial charge in [-0.3, -0.25) is 29.4 Å². The van der Waals surface area contributed by atoms with Crippen LogP contribution in [-0.4, -0.2) is 119 Å². The fourth-order valence-electron chi connectivity index (χ4n) is 8.15. The van der Waals surface area contributed by atoms with Gasteiger partial charge in [0.25, 0.3) is 5.91 Å². The molecule has 0 spiro atoms. The van der Waals surface area contributed by atoms with E-state index in [9.17, 15) is 32.0 Å². The first kappa shape index (κ1) is 42.5. The molecule has 8 rings (SSSR count). The Kier molecular flexibility index (Phi) is 12.1. The first-order valence-corrected chi connectivity index (χ1v) is 22.0. The number of aromatic nitrogens is 4. The smallest absolute Gasteiger partial charge is 0.267 e. The van der Waals surface area contributed by atoms with E-state index in [4.69, 9.17) is 9.88 Å². The van der Waals surface area contributed by atoms with Gasteiger partial charge in [0.15, 0.2) is 6.10 Å². The molecule has 0 radical (unpaired) electrons. The molecule has 3 saturated heterocycles. The Hall–Kier alpha value is -6.18. The van der Waals surface area contributed by atoms with E-state index >= 15 is 4.39 Å². The molecule has 2 atom stereocenters. The van der Waals surface area contributed by atoms with E-state index in [-0.39, 0.29) is 35.8 Å². The standard InChI is InChI=1S/C43H45F2N9O7S/c1-25(62(46,59)60)18-28-4-7-34(44)38(39(28)45)40(57)33-23-48-41-32(33)19-29(20-47-41)30-21-49-43(50-22-30)54-16-14-53(15-17-54)37(56)24-52-12-10-27(11-13-52)26-2-5-31(6-3-26)61-35-8-9-36(55)51-42(35)58/h2-7,19-23,25,27,35H,8-18,24H2,1H3,(H,47,48)(H2,46,59,60)(H,51,55,58). The molecule has 4 N–H and O–H groups in total. The number of rotatable bonds is 12. The van der Waals surface area contributed by atoms with Crippen LogP contribution < -0.4 is 20.1 Å². The minimum absolute atomic E-state index is 0.0265. The fourth-order valence-corrected chi connectivity index (χ4v) is 8.56. The summed E-state index contributed by atoms with van der Waals surface area (Å²) in [7, 11) is -4.00. The molecule has 3 aromatic heterocycles. The lowest BCUT2D eigenvalue weighted by molar-refractivity contribution is -0.139. The number of sulfonamides is 1. The average molecular weight is 870 g/mol. The normalized spacial score (nSPS) is 18.5. The number of piperidine rings is 2. The van der Waals surface area contributed by atoms with Crippen LogP contribution in [0.1, 0.15) is 65.6 Å². The summed E-state index contributed by atoms with van der Waals surface area (Å²) in [5.41, 5.74) is 1.65. The molecule has 62 heavy (non-hydrogen) atoms. The molecular formula is C43H45F2N9O7S. The number of fused-ring (bicyclic) bond motifs is 1. The molecule has 3 fully saturated rings. The zero-order valence-electron chi connectivity index (χ0n) is 33.9. The third-order valence-electron chi connectivity index (χ3n) is 11.9. The summed E-state index contributed by atoms with van der Waals surface area (Å²) in [6, 6.07) is 11.4. The maximum Gasteiger partial charge on any atom is 0.267 e. The summed E-state index contributed by atoms with van der Waals surface area (Å²) in [5, 5.41) is 6.66. The van der Waals surface area contributed by atoms with Gasteiger partial charge in [0.2, 0.25) is 33.6 Å². The van der Waals surface area contributed by atoms with Gasteiger partial charge >= 0.3 is 0 Å². The Morgan fingerprint density at radius 3 is 2.29 bits per heavy atom. The van der Waals surface area contributed by atoms with E-state index in [2.05, 4.69) is 30.2 Å². The van der Waals surface area contributed by atoms with Crippen LogP contribution in [0, 0.1) is 11.6 Å². The molecule has 0 aliphatic carbocycles. The largest absolute Gasteiger partial charge is 0.481 e. The first-order chi connectivity index (χ1) is 29.7. The minimum Gasteiger partial charge on any atom is -0.481 e. The average Bonchev–Trinajstić information content (AvgIpc) is 3.69. The summed E-state index contributed by atoms with van der Waals surface area (Å²) < 4.78 is 59.9. The summed E-state index contributed by atoms with van der Waals surface area (Å²) in [6.45, 7) is 5.38. The number of imide groups is 1. The number of halogens is 2. The Balaban J connectivity index is 0.831. The van der Waals surface area contributed by atoms with E-state index < -0.39 is 50.3 Å². The van der Waals surface area contributed by atoms with Crippen molar-refractivity contribution in [3.63, 3.8) is 0 Å². The second-order valence-corrected chi connectivity index (χ2v) is 18.0. The summed E-state index contributed by atoms with van der Waals surface area (Å²) in [4.78, 5) is 72.9. The molecule has 3 aliphatic heterocycles. The van der Waals surface area contributed by atoms with E-state index in [0.717, 1.165) is 38.1 Å². The number of H-pyrrole nitrogens is 1. The summed E-state index contributed by atoms with van der Waals surface area (Å²) in [5.74, 6) is -2.37. The van der Waals surface area contributed by atoms with E-state index in [1.807, 2.05) is 34.1 Å². The van der Waals surface area contributed by atoms with Crippen LogP contribution >= 0.6 is 0 Å². The molecule has 5 aromatic rings. The lowest BCUT2D eigenvalue weighted by Crippen LogP contribution is -2.52. The molecule has 2 aromatic carbocycles. The second kappa shape index (κ2) is 17.7. The lowest BCUT2D eigenvalue weighted by atomic mass is 9.89. The van der Waals surface area contributed by atoms with Gasteiger partial charge < -0.3 is 19.5 Å². The van der Waals surface area contributed by atoms with Gasteiger partial charge in [-0.2, -0.15) is 0 Å². The summed E-state index contributed by atoms with van der Waals surface area (Å²) >= 11 is 0. The maximum absolute atomic E-state index is 15.6. The van der Waals surface area contributed by atoms with Crippen molar-refractivity contribution in [2.24, 2.45) is 5.14 Å². The molecule has 324 valence electrons. The number of nitrogens with two attached hydrogens (primary N) is 1. The third-order valence-corrected chi connectivity index (χ3v) is 13.2. The highest BCUT2D eigenvalue weighted by atomic mass is 32.2. The first-order valence-electron chi connectivity index (χ1n) is 20.4. The molecule has 6 heterocycles. The van der Waals surface area contributed by atoms with Gasteiger partial charge in [-0.1, -0.05) is 18.2 Å². The highest BCUT2D eigenvalue weighted by Gasteiger charge is 2.30. The number of anilines is 1. The van der Waals surface area contributed by atoms with Crippen molar-refractivity contribution in [3.05, 3.63) is 101 Å². The Labute approximate surface area is 355 Å². The Morgan fingerprint density at radius 2 is 1.61 bits per heavy atom. The number of nitrogens with one attached hydrogen (secondary N) is 2. The molecule has 19 heteroatoms. The topological polar surface area (TPSA) is 214 Å². The van der Waals surface area contributed by atoms with Gasteiger partial charge in [0.05, 0.1) is 17.4 Å². The number of ketones is 1. The number of nitrogens with zero attached hydrogens (tertiary/aromatic N) is 6. The van der Waals surface area contributed by atoms with Crippen molar-refractivity contribution in [2.75, 3.05) is 50.7 Å². The van der Waals surface area contributed by atoms with Crippen LogP contribution in [0.2, 0.25) is 0 Å². The van der Waals surface area contributed by atoms with E-state index in [1.54, 1.807) is 24.7 Å². The molecule has 16 nitrogen and oxygen atoms in total. The number of pyridine rings is 1. The molecule has 0 saturated carbocycles. The van der Waals surface area contributed by atoms with E-state index in [0.29, 0.717) is 78.9 Å². The Bertz CT molecular complexity index is 2630. The van der Waals surface area contributed by atoms with Gasteiger partial charge in [-0.25, -0.2) is 37.3 Å². The molecule has 3 aliphatic rings. The molecule has 3 amide bonds. The number of aromatic amines is 1. The molecular weight excluding hydrogens is 825 g/mol. The van der Waals surface area contributed by atoms with Crippen LogP contribution in [0.3, 0.4) is 0 Å². The van der Waals surface area contributed by atoms with Crippen molar-refractivity contribution in [1.29, 1.82) is 0 Å². The van der Waals surface area contributed by atoms with Crippen molar-refractivity contribution >= 4 is 50.5 Å². The van der Waals surface area contributed by atoms with Crippen LogP contribution in [-0.2, 0) is 30.8 Å². The van der Waals surface area contributed by atoms with Gasteiger partial charge in [0, 0.05) is 85.9 Å². The quantitative estimate of drug-likeness (QED) is 0.122. The highest BCUT2D eigenvalue weighted by molar-refractivity contribution is 7.89. The van der Waals surface area contributed by atoms with Crippen LogP contribution in [0.25, 0.3) is 22.2 Å². The van der Waals surface area contributed by atoms with Crippen molar-refractivity contribution in [2.45, 2.75) is 56.3 Å². The maximum atomic E-state index is 15.6. The molecule has 0 bridgehead atoms. The number of likely N-dealkylation sites (tertiary alicyclic amines) is 1. The number of hydrogen-bond acceptors (Lipinski definition) is 12. The number of amides is 3. The van der Waals surface area contributed by atoms with Crippen LogP contribution in [0.5, 0.6) is 5.75 Å². The van der Waals surface area contributed by atoms with Crippen LogP contribution in [0.4, 0.5) is 14.7 Å². The third kappa shape index (κ3) is 9.19. The zero-order valence-corrected chi connectivity index (χ0v) is 34.7. The highest BCUT2D eigenvalue weighted by Crippen LogP contribution is 2.31. The van der Waals surface area contributed by atoms with Crippen molar-refractivity contribution in [3.8, 4) is 16.9 Å². The predicted octanol–water partition coefficient (Wildman–Crippen LogP) is 3.46. The number of carbonyl (C=O) groups is 4. The predicted molar refractivity (Wildman–Crippen MR) is 224 cm³/mol. The van der Waals surface area contributed by atoms with Crippen LogP contribution in [0.15, 0.2) is 67.3 Å². The van der Waals surface area contributed by atoms with Gasteiger partial charge in [-0.15, -0.1) is 0 Å². The minimum atomic E-state index is -4.00. The monoisotopic (exact) mass is 869 g/mol. The number of carbonyl (C=O) groups excluding carboxylic acids is 4. The fraction of sp³-hybridized carbons (Fsp3) is 0.372.